The third kappa shape index (κ3) is 5.24. The minimum Gasteiger partial charge on any atom is -0.455 e. The summed E-state index contributed by atoms with van der Waals surface area (Å²) in [7, 11) is 0. The quantitative estimate of drug-likeness (QED) is 0.234. The van der Waals surface area contributed by atoms with Crippen LogP contribution in [0.4, 0.5) is 5.69 Å². The Labute approximate surface area is 175 Å². The zero-order valence-corrected chi connectivity index (χ0v) is 17.5. The molecule has 28 heavy (non-hydrogen) atoms. The molecule has 0 aliphatic rings. The van der Waals surface area contributed by atoms with Gasteiger partial charge in [0.25, 0.3) is 11.6 Å². The third-order valence-corrected chi connectivity index (χ3v) is 5.90. The molecule has 144 valence electrons. The first-order chi connectivity index (χ1) is 13.4. The molecular formula is C16H12BrN5O4S2. The second-order valence-electron chi connectivity index (χ2n) is 5.29. The fourth-order valence-corrected chi connectivity index (χ4v) is 4.22. The molecule has 3 rings (SSSR count). The molecule has 1 N–H and O–H groups in total. The van der Waals surface area contributed by atoms with E-state index in [2.05, 4.69) is 36.7 Å². The molecule has 0 aliphatic heterocycles. The number of thioether (sulfide) groups is 1. The summed E-state index contributed by atoms with van der Waals surface area (Å²) in [5.74, 6) is 0.828. The Morgan fingerprint density at radius 2 is 2.25 bits per heavy atom. The molecule has 3 aromatic rings. The van der Waals surface area contributed by atoms with Crippen molar-refractivity contribution in [2.24, 2.45) is 5.10 Å². The van der Waals surface area contributed by atoms with Crippen LogP contribution < -0.4 is 5.43 Å². The van der Waals surface area contributed by atoms with E-state index in [-0.39, 0.29) is 17.3 Å². The number of furan rings is 1. The van der Waals surface area contributed by atoms with Gasteiger partial charge in [-0.15, -0.1) is 10.2 Å². The molecule has 2 aromatic heterocycles. The molecule has 0 radical (unpaired) electrons. The molecule has 0 spiro atoms. The van der Waals surface area contributed by atoms with Crippen LogP contribution in [0, 0.1) is 17.0 Å². The van der Waals surface area contributed by atoms with Crippen LogP contribution >= 0.6 is 39.0 Å². The maximum atomic E-state index is 11.8. The number of carbonyl (C=O) groups is 1. The largest absolute Gasteiger partial charge is 0.455 e. The lowest BCUT2D eigenvalue weighted by molar-refractivity contribution is -0.384. The number of nitrogens with one attached hydrogen (secondary N) is 1. The van der Waals surface area contributed by atoms with Gasteiger partial charge in [-0.1, -0.05) is 23.1 Å². The van der Waals surface area contributed by atoms with Crippen LogP contribution in [0.2, 0.25) is 0 Å². The summed E-state index contributed by atoms with van der Waals surface area (Å²) in [4.78, 5) is 22.1. The fraction of sp³-hybridized carbons (Fsp3) is 0.125. The van der Waals surface area contributed by atoms with Crippen LogP contribution in [0.1, 0.15) is 10.8 Å². The van der Waals surface area contributed by atoms with Crippen molar-refractivity contribution in [2.75, 3.05) is 5.75 Å². The number of hydrazone groups is 1. The number of hydrogen-bond acceptors (Lipinski definition) is 9. The highest BCUT2D eigenvalue weighted by Gasteiger charge is 2.13. The molecule has 0 unspecified atom stereocenters. The summed E-state index contributed by atoms with van der Waals surface area (Å²) in [6.07, 6.45) is 1.38. The Morgan fingerprint density at radius 3 is 2.93 bits per heavy atom. The second kappa shape index (κ2) is 9.08. The maximum absolute atomic E-state index is 11.8. The van der Waals surface area contributed by atoms with E-state index in [1.54, 1.807) is 18.2 Å². The fourth-order valence-electron chi connectivity index (χ4n) is 2.05. The minimum atomic E-state index is -0.470. The molecule has 0 atom stereocenters. The summed E-state index contributed by atoms with van der Waals surface area (Å²) < 4.78 is 6.90. The molecule has 0 aliphatic carbocycles. The first kappa shape index (κ1) is 20.2. The van der Waals surface area contributed by atoms with Gasteiger partial charge < -0.3 is 4.42 Å². The summed E-state index contributed by atoms with van der Waals surface area (Å²) in [5, 5.41) is 23.3. The summed E-state index contributed by atoms with van der Waals surface area (Å²) in [5.41, 5.74) is 3.06. The van der Waals surface area contributed by atoms with Crippen LogP contribution in [0.25, 0.3) is 11.3 Å². The van der Waals surface area contributed by atoms with E-state index < -0.39 is 4.92 Å². The first-order valence-electron chi connectivity index (χ1n) is 7.71. The molecule has 1 amide bonds. The molecule has 9 nitrogen and oxygen atoms in total. The number of benzene rings is 1. The number of nitro benzene ring substituents is 1. The number of rotatable bonds is 7. The van der Waals surface area contributed by atoms with E-state index in [9.17, 15) is 14.9 Å². The van der Waals surface area contributed by atoms with Crippen molar-refractivity contribution >= 4 is 56.8 Å². The number of amides is 1. The van der Waals surface area contributed by atoms with Gasteiger partial charge in [0, 0.05) is 22.2 Å². The van der Waals surface area contributed by atoms with Gasteiger partial charge in [-0.25, -0.2) is 5.43 Å². The Bertz CT molecular complexity index is 1050. The van der Waals surface area contributed by atoms with E-state index in [0.717, 1.165) is 9.35 Å². The van der Waals surface area contributed by atoms with Crippen molar-refractivity contribution in [3.05, 3.63) is 55.7 Å². The van der Waals surface area contributed by atoms with Crippen molar-refractivity contribution in [3.63, 3.8) is 0 Å². The van der Waals surface area contributed by atoms with Crippen LogP contribution in [-0.4, -0.2) is 33.0 Å². The van der Waals surface area contributed by atoms with Gasteiger partial charge in [0.2, 0.25) is 0 Å². The van der Waals surface area contributed by atoms with Gasteiger partial charge in [-0.05, 0) is 41.1 Å². The van der Waals surface area contributed by atoms with Crippen molar-refractivity contribution in [1.82, 2.24) is 15.6 Å². The molecule has 0 fully saturated rings. The summed E-state index contributed by atoms with van der Waals surface area (Å²) >= 11 is 6.01. The highest BCUT2D eigenvalue weighted by atomic mass is 79.9. The zero-order valence-electron chi connectivity index (χ0n) is 14.3. The molecule has 12 heteroatoms. The van der Waals surface area contributed by atoms with Crippen LogP contribution in [-0.2, 0) is 4.79 Å². The SMILES string of the molecule is Cc1nnc(SCC(=O)N/N=C/c2ccc(-c3ccc([N+](=O)[O-])cc3Br)o2)s1. The highest BCUT2D eigenvalue weighted by molar-refractivity contribution is 9.10. The van der Waals surface area contributed by atoms with Gasteiger partial charge in [0.15, 0.2) is 4.34 Å². The zero-order chi connectivity index (χ0) is 20.1. The summed E-state index contributed by atoms with van der Waals surface area (Å²) in [6.45, 7) is 1.85. The standard InChI is InChI=1S/C16H12BrN5O4S2/c1-9-19-21-16(28-9)27-8-15(23)20-18-7-11-3-5-14(26-11)12-4-2-10(22(24)25)6-13(12)17/h2-7H,8H2,1H3,(H,20,23)/b18-7+. The van der Waals surface area contributed by atoms with E-state index in [0.29, 0.717) is 21.6 Å². The molecule has 1 aromatic carbocycles. The van der Waals surface area contributed by atoms with Gasteiger partial charge >= 0.3 is 0 Å². The minimum absolute atomic E-state index is 0.0201. The second-order valence-corrected chi connectivity index (χ2v) is 8.55. The Hall–Kier alpha value is -2.57. The van der Waals surface area contributed by atoms with E-state index in [1.807, 2.05) is 6.92 Å². The predicted octanol–water partition coefficient (Wildman–Crippen LogP) is 4.02. The molecule has 2 heterocycles. The number of aromatic nitrogens is 2. The Balaban J connectivity index is 1.56. The number of nitrogens with zero attached hydrogens (tertiary/aromatic N) is 4. The Kier molecular flexibility index (Phi) is 6.54. The lowest BCUT2D eigenvalue weighted by Crippen LogP contribution is -2.19. The summed E-state index contributed by atoms with van der Waals surface area (Å²) in [6, 6.07) is 7.78. The number of halogens is 1. The number of hydrogen-bond donors (Lipinski definition) is 1. The highest BCUT2D eigenvalue weighted by Crippen LogP contribution is 2.32. The third-order valence-electron chi connectivity index (χ3n) is 3.27. The van der Waals surface area contributed by atoms with Gasteiger partial charge in [0.05, 0.1) is 16.9 Å². The van der Waals surface area contributed by atoms with Gasteiger partial charge in [-0.3, -0.25) is 14.9 Å². The molecule has 0 saturated heterocycles. The molecule has 0 bridgehead atoms. The monoisotopic (exact) mass is 481 g/mol. The average molecular weight is 482 g/mol. The predicted molar refractivity (Wildman–Crippen MR) is 110 cm³/mol. The van der Waals surface area contributed by atoms with Crippen LogP contribution in [0.3, 0.4) is 0 Å². The first-order valence-corrected chi connectivity index (χ1v) is 10.3. The van der Waals surface area contributed by atoms with Crippen molar-refractivity contribution in [2.45, 2.75) is 11.3 Å². The van der Waals surface area contributed by atoms with Crippen LogP contribution in [0.5, 0.6) is 0 Å². The molecule has 0 saturated carbocycles. The molecular weight excluding hydrogens is 470 g/mol. The number of aryl methyl sites for hydroxylation is 1. The van der Waals surface area contributed by atoms with E-state index >= 15 is 0 Å². The lowest BCUT2D eigenvalue weighted by Gasteiger charge is -2.00. The van der Waals surface area contributed by atoms with E-state index in [4.69, 9.17) is 4.42 Å². The van der Waals surface area contributed by atoms with Crippen molar-refractivity contribution < 1.29 is 14.1 Å². The van der Waals surface area contributed by atoms with Crippen LogP contribution in [0.15, 0.2) is 48.7 Å². The van der Waals surface area contributed by atoms with Gasteiger partial charge in [0.1, 0.15) is 16.5 Å². The number of carbonyl (C=O) groups excluding carboxylic acids is 1. The number of nitro groups is 1. The lowest BCUT2D eigenvalue weighted by atomic mass is 10.1. The number of non-ortho nitro benzene ring substituents is 1. The topological polar surface area (TPSA) is 124 Å². The maximum Gasteiger partial charge on any atom is 0.270 e. The van der Waals surface area contributed by atoms with Crippen molar-refractivity contribution in [1.29, 1.82) is 0 Å². The van der Waals surface area contributed by atoms with Crippen molar-refractivity contribution in [3.8, 4) is 11.3 Å². The average Bonchev–Trinajstić information content (AvgIpc) is 3.29. The normalized spacial score (nSPS) is 11.1. The van der Waals surface area contributed by atoms with Gasteiger partial charge in [-0.2, -0.15) is 5.10 Å². The smallest absolute Gasteiger partial charge is 0.270 e. The van der Waals surface area contributed by atoms with E-state index in [1.165, 1.54) is 41.4 Å². The Morgan fingerprint density at radius 1 is 1.43 bits per heavy atom.